The van der Waals surface area contributed by atoms with E-state index >= 15 is 0 Å². The number of anilines is 1. The van der Waals surface area contributed by atoms with Crippen molar-refractivity contribution in [3.8, 4) is 0 Å². The summed E-state index contributed by atoms with van der Waals surface area (Å²) in [6, 6.07) is -0.150. The van der Waals surface area contributed by atoms with Crippen LogP contribution in [0.1, 0.15) is 80.4 Å². The van der Waals surface area contributed by atoms with E-state index in [1.54, 1.807) is 38.8 Å². The van der Waals surface area contributed by atoms with Crippen LogP contribution in [0.5, 0.6) is 0 Å². The molecule has 1 N–H and O–H groups in total. The number of nitrogens with zero attached hydrogens (tertiary/aromatic N) is 5. The molecule has 5 atom stereocenters. The van der Waals surface area contributed by atoms with Gasteiger partial charge >= 0.3 is 13.7 Å². The Morgan fingerprint density at radius 2 is 1.79 bits per heavy atom. The minimum atomic E-state index is -4.12. The van der Waals surface area contributed by atoms with Crippen molar-refractivity contribution in [2.24, 2.45) is 0 Å². The van der Waals surface area contributed by atoms with E-state index in [1.165, 1.54) is 11.8 Å². The number of ether oxygens (including phenoxy) is 7. The first kappa shape index (κ1) is 41.1. The van der Waals surface area contributed by atoms with Crippen molar-refractivity contribution in [1.82, 2.24) is 19.7 Å². The van der Waals surface area contributed by atoms with Crippen molar-refractivity contribution in [3.05, 3.63) is 11.5 Å². The fourth-order valence-electron chi connectivity index (χ4n) is 6.73. The lowest BCUT2D eigenvalue weighted by atomic mass is 10.1. The van der Waals surface area contributed by atoms with E-state index < -0.39 is 61.6 Å². The van der Waals surface area contributed by atoms with Gasteiger partial charge in [0.05, 0.1) is 57.8 Å². The highest BCUT2D eigenvalue weighted by Gasteiger charge is 2.59. The average molecular weight is 778 g/mol. The first-order chi connectivity index (χ1) is 24.6. The number of halogens is 1. The minimum Gasteiger partial charge on any atom is -0.443 e. The lowest BCUT2D eigenvalue weighted by molar-refractivity contribution is -0.209. The Bertz CT molecular complexity index is 1560. The largest absolute Gasteiger partial charge is 0.443 e. The molecule has 294 valence electrons. The molecule has 1 aliphatic carbocycles. The molecule has 17 nitrogen and oxygen atoms in total. The van der Waals surface area contributed by atoms with Gasteiger partial charge < -0.3 is 47.3 Å². The first-order valence-corrected chi connectivity index (χ1v) is 19.7. The summed E-state index contributed by atoms with van der Waals surface area (Å²) in [5.41, 5.74) is -0.443. The van der Waals surface area contributed by atoms with Crippen molar-refractivity contribution in [1.29, 1.82) is 0 Å². The van der Waals surface area contributed by atoms with Crippen LogP contribution in [0.3, 0.4) is 0 Å². The maximum absolute atomic E-state index is 14.2. The Morgan fingerprint density at radius 3 is 2.40 bits per heavy atom. The zero-order valence-corrected chi connectivity index (χ0v) is 32.9. The summed E-state index contributed by atoms with van der Waals surface area (Å²) in [7, 11) is -2.60. The summed E-state index contributed by atoms with van der Waals surface area (Å²) >= 11 is 6.55. The van der Waals surface area contributed by atoms with Gasteiger partial charge in [0, 0.05) is 13.2 Å². The van der Waals surface area contributed by atoms with Crippen LogP contribution in [-0.4, -0.2) is 125 Å². The second-order valence-electron chi connectivity index (χ2n) is 14.4. The number of methoxy groups -OCH3 is 1. The number of fused-ring (bicyclic) bond motifs is 2. The third kappa shape index (κ3) is 8.76. The Kier molecular flexibility index (Phi) is 13.3. The lowest BCUT2D eigenvalue weighted by Crippen LogP contribution is -2.46. The van der Waals surface area contributed by atoms with Gasteiger partial charge in [0.25, 0.3) is 0 Å². The molecule has 1 unspecified atom stereocenters. The van der Waals surface area contributed by atoms with Crippen LogP contribution in [0.2, 0.25) is 5.28 Å². The fourth-order valence-corrected chi connectivity index (χ4v) is 8.77. The van der Waals surface area contributed by atoms with Gasteiger partial charge in [-0.25, -0.2) is 9.48 Å². The molecule has 2 aliphatic heterocycles. The number of rotatable bonds is 17. The van der Waals surface area contributed by atoms with Gasteiger partial charge in [-0.3, -0.25) is 9.46 Å². The Labute approximate surface area is 309 Å². The molecule has 5 rings (SSSR count). The molecular weight excluding hydrogens is 725 g/mol. The first-order valence-electron chi connectivity index (χ1n) is 17.8. The zero-order chi connectivity index (χ0) is 37.9. The summed E-state index contributed by atoms with van der Waals surface area (Å²) in [6.07, 6.45) is 1.35. The van der Waals surface area contributed by atoms with Crippen LogP contribution in [0.25, 0.3) is 11.0 Å². The Hall–Kier alpha value is -2.02. The SMILES string of the molecule is CCOP(=O)(OCC)C(CO)(COCCOC)OC[C@H]1O[C@@H](n2ncc3c(N(C(=O)OC(C)(C)C)C4CCCC4)nc(Cl)nc32)[C@@H]2OC(C)(C)O[C@@H]21. The summed E-state index contributed by atoms with van der Waals surface area (Å²) in [5, 5.41) is 13.8. The lowest BCUT2D eigenvalue weighted by Gasteiger charge is -2.37. The highest BCUT2D eigenvalue weighted by atomic mass is 35.5. The molecule has 1 saturated carbocycles. The number of hydrogen-bond acceptors (Lipinski definition) is 15. The number of aliphatic hydroxyl groups is 1. The molecule has 1 amide bonds. The molecule has 3 aliphatic rings. The molecule has 4 heterocycles. The van der Waals surface area contributed by atoms with Crippen LogP contribution in [0.15, 0.2) is 6.20 Å². The number of hydrogen-bond donors (Lipinski definition) is 1. The van der Waals surface area contributed by atoms with Crippen molar-refractivity contribution >= 4 is 42.1 Å². The standard InChI is InChI=1S/C33H53ClN5O12P/c1-9-46-52(42,47-10-2)33(19-40,20-44-16-15-43-8)45-18-23-24-25(50-32(6,7)49-24)28(48-23)39-27-22(17-35-39)26(36-29(34)37-27)38(21-13-11-12-14-21)30(41)51-31(3,4)5/h17,21,23-25,28,40H,9-16,18-20H2,1-8H3/t23-,24-,25-,28-,33?/m1/s1. The van der Waals surface area contributed by atoms with Gasteiger partial charge in [0.2, 0.25) is 10.6 Å². The molecule has 3 fully saturated rings. The van der Waals surface area contributed by atoms with Gasteiger partial charge in [0.1, 0.15) is 23.9 Å². The zero-order valence-electron chi connectivity index (χ0n) is 31.2. The maximum Gasteiger partial charge on any atom is 0.416 e. The van der Waals surface area contributed by atoms with E-state index in [2.05, 4.69) is 15.1 Å². The van der Waals surface area contributed by atoms with Crippen LogP contribution < -0.4 is 4.90 Å². The Morgan fingerprint density at radius 1 is 1.12 bits per heavy atom. The number of carbonyl (C=O) groups is 1. The van der Waals surface area contributed by atoms with Gasteiger partial charge in [-0.05, 0) is 72.9 Å². The fraction of sp³-hybridized carbons (Fsp3) is 0.818. The second-order valence-corrected chi connectivity index (χ2v) is 17.0. The second kappa shape index (κ2) is 16.8. The van der Waals surface area contributed by atoms with Crippen molar-refractivity contribution < 1.29 is 56.7 Å². The molecule has 0 bridgehead atoms. The molecule has 19 heteroatoms. The van der Waals surface area contributed by atoms with Crippen molar-refractivity contribution in [2.75, 3.05) is 58.3 Å². The minimum absolute atomic E-state index is 0.0309. The maximum atomic E-state index is 14.2. The Balaban J connectivity index is 1.49. The van der Waals surface area contributed by atoms with E-state index in [-0.39, 0.29) is 56.8 Å². The normalized spacial score (nSPS) is 24.7. The van der Waals surface area contributed by atoms with Crippen molar-refractivity contribution in [3.63, 3.8) is 0 Å². The number of amides is 1. The van der Waals surface area contributed by atoms with E-state index in [1.807, 2.05) is 20.8 Å². The smallest absolute Gasteiger partial charge is 0.416 e. The highest BCUT2D eigenvalue weighted by Crippen LogP contribution is 2.61. The van der Waals surface area contributed by atoms with Gasteiger partial charge in [-0.2, -0.15) is 15.1 Å². The van der Waals surface area contributed by atoms with Crippen LogP contribution in [0.4, 0.5) is 10.6 Å². The monoisotopic (exact) mass is 777 g/mol. The molecule has 0 radical (unpaired) electrons. The van der Waals surface area contributed by atoms with Gasteiger partial charge in [-0.15, -0.1) is 0 Å². The molecule has 0 spiro atoms. The molecule has 2 saturated heterocycles. The highest BCUT2D eigenvalue weighted by molar-refractivity contribution is 7.55. The van der Waals surface area contributed by atoms with E-state index in [0.29, 0.717) is 11.0 Å². The summed E-state index contributed by atoms with van der Waals surface area (Å²) < 4.78 is 69.1. The molecule has 2 aromatic rings. The quantitative estimate of drug-likeness (QED) is 0.125. The van der Waals surface area contributed by atoms with E-state index in [0.717, 1.165) is 25.7 Å². The predicted molar refractivity (Wildman–Crippen MR) is 188 cm³/mol. The average Bonchev–Trinajstić information content (AvgIpc) is 3.85. The van der Waals surface area contributed by atoms with E-state index in [9.17, 15) is 14.5 Å². The van der Waals surface area contributed by atoms with E-state index in [4.69, 9.17) is 53.8 Å². The number of carbonyl (C=O) groups excluding carboxylic acids is 1. The molecular formula is C33H53ClN5O12P. The van der Waals surface area contributed by atoms with Gasteiger partial charge in [-0.1, -0.05) is 12.8 Å². The third-order valence-corrected chi connectivity index (χ3v) is 11.7. The summed E-state index contributed by atoms with van der Waals surface area (Å²) in [4.78, 5) is 24.3. The predicted octanol–water partition coefficient (Wildman–Crippen LogP) is 5.22. The van der Waals surface area contributed by atoms with Crippen molar-refractivity contribution in [2.45, 2.75) is 121 Å². The van der Waals surface area contributed by atoms with Crippen LogP contribution >= 0.6 is 19.2 Å². The molecule has 2 aromatic heterocycles. The topological polar surface area (TPSA) is 184 Å². The van der Waals surface area contributed by atoms with Gasteiger partial charge in [0.15, 0.2) is 23.5 Å². The number of aromatic nitrogens is 4. The summed E-state index contributed by atoms with van der Waals surface area (Å²) in [5.74, 6) is -0.736. The molecule has 52 heavy (non-hydrogen) atoms. The number of aliphatic hydroxyl groups excluding tert-OH is 1. The summed E-state index contributed by atoms with van der Waals surface area (Å²) in [6.45, 7) is 11.5. The van der Waals surface area contributed by atoms with Crippen LogP contribution in [0, 0.1) is 0 Å². The molecule has 0 aromatic carbocycles. The van der Waals surface area contributed by atoms with Crippen LogP contribution in [-0.2, 0) is 46.8 Å². The third-order valence-electron chi connectivity index (χ3n) is 8.90.